The molecule has 2 spiro atoms. The lowest BCUT2D eigenvalue weighted by atomic mass is 9.39. The highest BCUT2D eigenvalue weighted by Crippen LogP contribution is 2.89. The first kappa shape index (κ1) is 21.9. The Morgan fingerprint density at radius 1 is 1.17 bits per heavy atom. The van der Waals surface area contributed by atoms with Gasteiger partial charge in [0.15, 0.2) is 11.5 Å². The number of piperidine rings is 2. The monoisotopic (exact) mass is 493 g/mol. The van der Waals surface area contributed by atoms with Gasteiger partial charge in [-0.1, -0.05) is 19.9 Å². The van der Waals surface area contributed by atoms with Gasteiger partial charge < -0.3 is 24.4 Å². The van der Waals surface area contributed by atoms with E-state index in [1.165, 1.54) is 0 Å². The molecule has 9 fully saturated rings. The first-order chi connectivity index (χ1) is 17.2. The summed E-state index contributed by atoms with van der Waals surface area (Å²) in [6.45, 7) is 7.71. The lowest BCUT2D eigenvalue weighted by molar-refractivity contribution is -0.271. The van der Waals surface area contributed by atoms with Crippen LogP contribution in [0.5, 0.6) is 11.5 Å². The van der Waals surface area contributed by atoms with Gasteiger partial charge in [0.1, 0.15) is 11.8 Å². The molecule has 10 rings (SSSR count). The third-order valence-corrected chi connectivity index (χ3v) is 12.2. The Bertz CT molecular complexity index is 1230. The van der Waals surface area contributed by atoms with Crippen LogP contribution in [0.2, 0.25) is 0 Å². The summed E-state index contributed by atoms with van der Waals surface area (Å²) in [7, 11) is 3.11. The first-order valence-electron chi connectivity index (χ1n) is 13.5. The molecule has 9 aliphatic rings. The molecule has 12 atom stereocenters. The minimum absolute atomic E-state index is 0.0302. The van der Waals surface area contributed by atoms with E-state index >= 15 is 0 Å². The summed E-state index contributed by atoms with van der Waals surface area (Å²) in [4.78, 5) is 16.0. The maximum Gasteiger partial charge on any atom is 0.338 e. The Balaban J connectivity index is 1.23. The highest BCUT2D eigenvalue weighted by molar-refractivity contribution is 5.90. The summed E-state index contributed by atoms with van der Waals surface area (Å²) in [6, 6.07) is 5.32. The van der Waals surface area contributed by atoms with Crippen molar-refractivity contribution < 1.29 is 29.2 Å². The largest absolute Gasteiger partial charge is 0.493 e. The van der Waals surface area contributed by atoms with Crippen molar-refractivity contribution >= 4 is 5.97 Å². The summed E-state index contributed by atoms with van der Waals surface area (Å²) in [5, 5.41) is 24.2. The lowest BCUT2D eigenvalue weighted by Crippen LogP contribution is -2.72. The van der Waals surface area contributed by atoms with E-state index in [1.54, 1.807) is 32.4 Å². The van der Waals surface area contributed by atoms with Crippen LogP contribution < -0.4 is 9.47 Å². The number of carbonyl (C=O) groups is 1. The Hall–Kier alpha value is -2.09. The van der Waals surface area contributed by atoms with Crippen LogP contribution in [-0.4, -0.2) is 65.8 Å². The van der Waals surface area contributed by atoms with Crippen LogP contribution in [0.1, 0.15) is 49.4 Å². The van der Waals surface area contributed by atoms with Gasteiger partial charge in [-0.25, -0.2) is 4.79 Å². The molecule has 0 amide bonds. The molecule has 6 aliphatic carbocycles. The van der Waals surface area contributed by atoms with Crippen molar-refractivity contribution in [3.05, 3.63) is 35.9 Å². The van der Waals surface area contributed by atoms with E-state index in [-0.39, 0.29) is 34.6 Å². The van der Waals surface area contributed by atoms with Gasteiger partial charge in [-0.05, 0) is 59.8 Å². The zero-order chi connectivity index (χ0) is 25.0. The first-order valence-corrected chi connectivity index (χ1v) is 13.5. The number of nitrogens with zero attached hydrogens (tertiary/aromatic N) is 1. The summed E-state index contributed by atoms with van der Waals surface area (Å²) >= 11 is 0. The van der Waals surface area contributed by atoms with Gasteiger partial charge in [-0.3, -0.25) is 4.90 Å². The van der Waals surface area contributed by atoms with Crippen molar-refractivity contribution in [2.24, 2.45) is 39.9 Å². The number of carbonyl (C=O) groups excluding carboxylic acids is 1. The summed E-state index contributed by atoms with van der Waals surface area (Å²) in [6.07, 6.45) is 3.77. The van der Waals surface area contributed by atoms with E-state index in [2.05, 4.69) is 18.4 Å². The van der Waals surface area contributed by atoms with Gasteiger partial charge >= 0.3 is 5.97 Å². The third-order valence-electron chi connectivity index (χ3n) is 12.2. The molecule has 0 radical (unpaired) electrons. The second kappa shape index (κ2) is 6.30. The van der Waals surface area contributed by atoms with Gasteiger partial charge in [-0.2, -0.15) is 0 Å². The average molecular weight is 494 g/mol. The van der Waals surface area contributed by atoms with Gasteiger partial charge in [-0.15, -0.1) is 0 Å². The smallest absolute Gasteiger partial charge is 0.338 e. The second-order valence-corrected chi connectivity index (χ2v) is 13.1. The standard InChI is InChI=1S/C29H35NO6/c1-14-16-11-17-22-27-9-5-8-26(2)13-30(22)29(33,25(26)27)12-28(17,21(27)20(16)31)23(14)36-24(32)15-6-7-18(34-3)19(10-15)35-4/h6-7,10,16-17,20-23,25,31,33H,1,5,8-9,11-13H2,2-4H3/t16-,17-,20+,21+,22-,23-,25-,26+,27+,28-,29-/m1/s1. The predicted molar refractivity (Wildman–Crippen MR) is 129 cm³/mol. The van der Waals surface area contributed by atoms with E-state index in [0.29, 0.717) is 29.4 Å². The third kappa shape index (κ3) is 1.99. The second-order valence-electron chi connectivity index (χ2n) is 13.1. The number of rotatable bonds is 4. The summed E-state index contributed by atoms with van der Waals surface area (Å²) in [5.74, 6) is 1.06. The maximum atomic E-state index is 13.6. The van der Waals surface area contributed by atoms with Crippen molar-refractivity contribution in [2.45, 2.75) is 63.0 Å². The molecule has 9 bridgehead atoms. The molecule has 1 unspecified atom stereocenters. The van der Waals surface area contributed by atoms with Gasteiger partial charge in [0.25, 0.3) is 0 Å². The Labute approximate surface area is 211 Å². The van der Waals surface area contributed by atoms with Crippen molar-refractivity contribution in [1.29, 1.82) is 0 Å². The summed E-state index contributed by atoms with van der Waals surface area (Å²) in [5.41, 5.74) is -0.144. The van der Waals surface area contributed by atoms with Crippen LogP contribution in [0.4, 0.5) is 0 Å². The molecule has 6 saturated carbocycles. The van der Waals surface area contributed by atoms with E-state index in [1.807, 2.05) is 0 Å². The molecule has 1 aromatic carbocycles. The van der Waals surface area contributed by atoms with Crippen LogP contribution in [-0.2, 0) is 4.74 Å². The van der Waals surface area contributed by atoms with Crippen LogP contribution in [0.25, 0.3) is 0 Å². The number of ether oxygens (including phenoxy) is 3. The van der Waals surface area contributed by atoms with E-state index < -0.39 is 29.3 Å². The normalized spacial score (nSPS) is 54.2. The highest BCUT2D eigenvalue weighted by Gasteiger charge is 2.93. The molecule has 2 N–H and O–H groups in total. The molecule has 1 aromatic rings. The number of aliphatic hydroxyl groups excluding tert-OH is 1. The molecular weight excluding hydrogens is 458 g/mol. The average Bonchev–Trinajstić information content (AvgIpc) is 3.22. The number of hydrogen-bond acceptors (Lipinski definition) is 7. The number of hydrogen-bond donors (Lipinski definition) is 2. The maximum absolute atomic E-state index is 13.6. The van der Waals surface area contributed by atoms with Crippen LogP contribution in [0.3, 0.4) is 0 Å². The zero-order valence-electron chi connectivity index (χ0n) is 21.2. The topological polar surface area (TPSA) is 88.5 Å². The van der Waals surface area contributed by atoms with Gasteiger partial charge in [0.2, 0.25) is 0 Å². The molecule has 192 valence electrons. The zero-order valence-corrected chi connectivity index (χ0v) is 21.2. The molecular formula is C29H35NO6. The lowest BCUT2D eigenvalue weighted by Gasteiger charge is -2.67. The molecule has 0 aromatic heterocycles. The van der Waals surface area contributed by atoms with E-state index in [9.17, 15) is 15.0 Å². The molecule has 7 nitrogen and oxygen atoms in total. The van der Waals surface area contributed by atoms with Crippen LogP contribution in [0.15, 0.2) is 30.4 Å². The molecule has 3 heterocycles. The predicted octanol–water partition coefficient (Wildman–Crippen LogP) is 3.00. The Morgan fingerprint density at radius 2 is 1.94 bits per heavy atom. The molecule has 3 saturated heterocycles. The van der Waals surface area contributed by atoms with Crippen molar-refractivity contribution in [3.63, 3.8) is 0 Å². The van der Waals surface area contributed by atoms with Crippen molar-refractivity contribution in [3.8, 4) is 11.5 Å². The number of fused-ring (bicyclic) bond motifs is 1. The quantitative estimate of drug-likeness (QED) is 0.493. The minimum Gasteiger partial charge on any atom is -0.493 e. The van der Waals surface area contributed by atoms with Gasteiger partial charge in [0, 0.05) is 42.2 Å². The van der Waals surface area contributed by atoms with E-state index in [0.717, 1.165) is 37.8 Å². The molecule has 36 heavy (non-hydrogen) atoms. The number of methoxy groups -OCH3 is 2. The number of benzene rings is 1. The van der Waals surface area contributed by atoms with Crippen LogP contribution >= 0.6 is 0 Å². The molecule has 3 aliphatic heterocycles. The summed E-state index contributed by atoms with van der Waals surface area (Å²) < 4.78 is 17.1. The Morgan fingerprint density at radius 3 is 2.69 bits per heavy atom. The number of aliphatic hydroxyl groups is 2. The van der Waals surface area contributed by atoms with E-state index in [4.69, 9.17) is 14.2 Å². The molecule has 7 heteroatoms. The van der Waals surface area contributed by atoms with Crippen LogP contribution in [0, 0.1) is 39.9 Å². The number of esters is 1. The van der Waals surface area contributed by atoms with Crippen molar-refractivity contribution in [1.82, 2.24) is 4.90 Å². The fourth-order valence-electron chi connectivity index (χ4n) is 11.9. The van der Waals surface area contributed by atoms with Crippen molar-refractivity contribution in [2.75, 3.05) is 20.8 Å². The fourth-order valence-corrected chi connectivity index (χ4v) is 11.9. The highest BCUT2D eigenvalue weighted by atomic mass is 16.5. The Kier molecular flexibility index (Phi) is 3.84. The van der Waals surface area contributed by atoms with Gasteiger partial charge in [0.05, 0.1) is 25.9 Å². The SMILES string of the molecule is C=C1[C@H]2C[C@@H]3[C@H]4N5C[C@]6(C)CCC[C@]47[C@H]([C@H]2O)[C@]3(C[C@@]5(O)[C@H]67)[C@@H]1OC(=O)c1ccc(OC)c(OC)c1. The fraction of sp³-hybridized carbons (Fsp3) is 0.690. The minimum atomic E-state index is -0.884.